The van der Waals surface area contributed by atoms with Gasteiger partial charge in [-0.15, -0.1) is 0 Å². The number of nitrogens with one attached hydrogen (secondary N) is 1. The van der Waals surface area contributed by atoms with Gasteiger partial charge in [-0.2, -0.15) is 0 Å². The molecule has 3 aliphatic rings. The number of fused-ring (bicyclic) bond motifs is 4. The number of nitrogens with two attached hydrogens (primary N) is 1. The van der Waals surface area contributed by atoms with Crippen molar-refractivity contribution < 1.29 is 9.59 Å². The van der Waals surface area contributed by atoms with Crippen LogP contribution in [0.15, 0.2) is 77.7 Å². The second kappa shape index (κ2) is 9.23. The summed E-state index contributed by atoms with van der Waals surface area (Å²) < 4.78 is 0.633. The van der Waals surface area contributed by atoms with Crippen LogP contribution in [0.5, 0.6) is 0 Å². The summed E-state index contributed by atoms with van der Waals surface area (Å²) in [4.78, 5) is 42.7. The Bertz CT molecular complexity index is 1680. The zero-order valence-corrected chi connectivity index (χ0v) is 23.4. The normalized spacial score (nSPS) is 23.8. The smallest absolute Gasteiger partial charge is 0.248 e. The van der Waals surface area contributed by atoms with Gasteiger partial charge in [0.15, 0.2) is 0 Å². The van der Waals surface area contributed by atoms with Gasteiger partial charge in [0.25, 0.3) is 0 Å². The van der Waals surface area contributed by atoms with E-state index in [9.17, 15) is 9.59 Å². The predicted octanol–water partition coefficient (Wildman–Crippen LogP) is 5.40. The van der Waals surface area contributed by atoms with E-state index >= 15 is 0 Å². The van der Waals surface area contributed by atoms with Crippen molar-refractivity contribution in [2.45, 2.75) is 44.2 Å². The first-order valence-electron chi connectivity index (χ1n) is 13.4. The third-order valence-corrected chi connectivity index (χ3v) is 9.06. The zero-order valence-electron chi connectivity index (χ0n) is 21.8. The summed E-state index contributed by atoms with van der Waals surface area (Å²) in [7, 11) is 0. The predicted molar refractivity (Wildman–Crippen MR) is 156 cm³/mol. The number of aromatic nitrogens is 3. The van der Waals surface area contributed by atoms with Crippen LogP contribution < -0.4 is 11.1 Å². The largest absolute Gasteiger partial charge is 0.383 e. The molecule has 9 heteroatoms. The lowest BCUT2D eigenvalue weighted by Gasteiger charge is -2.28. The number of hydrogen-bond donors (Lipinski definition) is 2. The number of carbonyl (C=O) groups is 2. The molecular weight excluding hydrogens is 568 g/mol. The minimum Gasteiger partial charge on any atom is -0.383 e. The van der Waals surface area contributed by atoms with Crippen molar-refractivity contribution in [2.75, 3.05) is 11.1 Å². The van der Waals surface area contributed by atoms with E-state index in [0.717, 1.165) is 39.9 Å². The third-order valence-electron chi connectivity index (χ3n) is 8.62. The van der Waals surface area contributed by atoms with E-state index < -0.39 is 6.04 Å². The lowest BCUT2D eigenvalue weighted by molar-refractivity contribution is -0.138. The third kappa shape index (κ3) is 3.99. The van der Waals surface area contributed by atoms with E-state index in [1.54, 1.807) is 12.1 Å². The molecule has 7 rings (SSSR count). The van der Waals surface area contributed by atoms with Crippen LogP contribution in [0.4, 0.5) is 11.6 Å². The number of nitrogen functional groups attached to an aromatic ring is 1. The fraction of sp³-hybridized carbons (Fsp3) is 0.258. The molecule has 4 atom stereocenters. The molecule has 2 aromatic carbocycles. The summed E-state index contributed by atoms with van der Waals surface area (Å²) in [5.74, 6) is 0.283. The molecule has 40 heavy (non-hydrogen) atoms. The summed E-state index contributed by atoms with van der Waals surface area (Å²) in [5, 5.41) is 2.92. The molecule has 0 bridgehead atoms. The Labute approximate surface area is 240 Å². The van der Waals surface area contributed by atoms with E-state index in [1.807, 2.05) is 41.3 Å². The highest BCUT2D eigenvalue weighted by atomic mass is 79.9. The summed E-state index contributed by atoms with van der Waals surface area (Å²) in [6.07, 6.45) is 3.19. The molecule has 200 valence electrons. The highest BCUT2D eigenvalue weighted by Crippen LogP contribution is 2.60. The standard InChI is InChI=1S/C31H27BrN6O2/c1-31-14-21(30(40)37-24-12-6-11-23(32)36-24)38(22(31)15-31)25(39)13-20-26-18(17-7-3-2-4-8-17)9-5-10-19(26)27-28(20)34-16-35-29(27)33/h2-12,16,20-22H,13-15H2,1H3,(H2,33,34,35)(H,36,37,40)/t20?,21-,22+,31-/m0/s1. The molecule has 0 spiro atoms. The first-order valence-corrected chi connectivity index (χ1v) is 14.2. The Morgan fingerprint density at radius 3 is 2.60 bits per heavy atom. The van der Waals surface area contributed by atoms with Crippen molar-refractivity contribution in [1.82, 2.24) is 19.9 Å². The number of hydrogen-bond acceptors (Lipinski definition) is 6. The van der Waals surface area contributed by atoms with Gasteiger partial charge in [0.05, 0.1) is 5.69 Å². The van der Waals surface area contributed by atoms with Crippen LogP contribution in [0.2, 0.25) is 0 Å². The highest BCUT2D eigenvalue weighted by Gasteiger charge is 2.64. The molecule has 0 radical (unpaired) electrons. The number of anilines is 2. The molecule has 8 nitrogen and oxygen atoms in total. The molecular formula is C31H27BrN6O2. The highest BCUT2D eigenvalue weighted by molar-refractivity contribution is 9.10. The van der Waals surface area contributed by atoms with Crippen molar-refractivity contribution >= 4 is 39.4 Å². The molecule has 1 saturated carbocycles. The maximum Gasteiger partial charge on any atom is 0.248 e. The molecule has 1 aliphatic heterocycles. The van der Waals surface area contributed by atoms with E-state index in [2.05, 4.69) is 61.3 Å². The average molecular weight is 596 g/mol. The molecule has 2 amide bonds. The molecule has 1 unspecified atom stereocenters. The second-order valence-electron chi connectivity index (χ2n) is 11.1. The maximum atomic E-state index is 14.2. The Morgan fingerprint density at radius 2 is 1.80 bits per heavy atom. The van der Waals surface area contributed by atoms with Gasteiger partial charge in [0.2, 0.25) is 11.8 Å². The lowest BCUT2D eigenvalue weighted by Crippen LogP contribution is -2.46. The molecule has 2 aromatic heterocycles. The minimum atomic E-state index is -0.558. The molecule has 4 aromatic rings. The van der Waals surface area contributed by atoms with Crippen LogP contribution in [0.25, 0.3) is 22.3 Å². The van der Waals surface area contributed by atoms with Crippen molar-refractivity contribution in [3.63, 3.8) is 0 Å². The van der Waals surface area contributed by atoms with Gasteiger partial charge >= 0.3 is 0 Å². The Morgan fingerprint density at radius 1 is 1.02 bits per heavy atom. The van der Waals surface area contributed by atoms with Gasteiger partial charge in [-0.1, -0.05) is 61.5 Å². The summed E-state index contributed by atoms with van der Waals surface area (Å²) in [6.45, 7) is 2.16. The van der Waals surface area contributed by atoms with Crippen LogP contribution in [0.1, 0.15) is 43.4 Å². The number of rotatable bonds is 5. The van der Waals surface area contributed by atoms with Crippen LogP contribution >= 0.6 is 15.9 Å². The maximum absolute atomic E-state index is 14.2. The van der Waals surface area contributed by atoms with Gasteiger partial charge in [-0.05, 0) is 68.6 Å². The minimum absolute atomic E-state index is 0.0460. The zero-order chi connectivity index (χ0) is 27.6. The summed E-state index contributed by atoms with van der Waals surface area (Å²) in [6, 6.07) is 21.1. The number of amides is 2. The van der Waals surface area contributed by atoms with Gasteiger partial charge in [-0.25, -0.2) is 15.0 Å². The average Bonchev–Trinajstić information content (AvgIpc) is 3.34. The number of nitrogens with zero attached hydrogens (tertiary/aromatic N) is 4. The fourth-order valence-corrected chi connectivity index (χ4v) is 6.99. The Balaban J connectivity index is 1.24. The van der Waals surface area contributed by atoms with Gasteiger partial charge < -0.3 is 16.0 Å². The van der Waals surface area contributed by atoms with Crippen molar-refractivity contribution in [1.29, 1.82) is 0 Å². The number of pyridine rings is 1. The van der Waals surface area contributed by atoms with Crippen molar-refractivity contribution in [3.05, 3.63) is 88.9 Å². The topological polar surface area (TPSA) is 114 Å². The van der Waals surface area contributed by atoms with Gasteiger partial charge in [0, 0.05) is 23.9 Å². The summed E-state index contributed by atoms with van der Waals surface area (Å²) >= 11 is 3.35. The lowest BCUT2D eigenvalue weighted by atomic mass is 9.88. The monoisotopic (exact) mass is 594 g/mol. The number of benzene rings is 2. The molecule has 3 N–H and O–H groups in total. The van der Waals surface area contributed by atoms with Crippen LogP contribution in [0.3, 0.4) is 0 Å². The van der Waals surface area contributed by atoms with Crippen LogP contribution in [0, 0.1) is 5.41 Å². The number of piperidine rings is 1. The fourth-order valence-electron chi connectivity index (χ4n) is 6.64. The van der Waals surface area contributed by atoms with E-state index in [0.29, 0.717) is 22.7 Å². The Kier molecular flexibility index (Phi) is 5.75. The van der Waals surface area contributed by atoms with Gasteiger partial charge in [0.1, 0.15) is 28.6 Å². The van der Waals surface area contributed by atoms with E-state index in [-0.39, 0.29) is 35.6 Å². The molecule has 2 aliphatic carbocycles. The SMILES string of the molecule is C[C@@]12C[C@@H](C(=O)Nc3cccc(Br)n3)N(C(=O)CC3c4ncnc(N)c4-c4cccc(-c5ccccc5)c43)[C@@H]1C2. The molecule has 3 heterocycles. The second-order valence-corrected chi connectivity index (χ2v) is 12.0. The van der Waals surface area contributed by atoms with E-state index in [1.165, 1.54) is 6.33 Å². The number of carbonyl (C=O) groups excluding carboxylic acids is 2. The summed E-state index contributed by atoms with van der Waals surface area (Å²) in [5.41, 5.74) is 12.0. The quantitative estimate of drug-likeness (QED) is 0.299. The van der Waals surface area contributed by atoms with Crippen molar-refractivity contribution in [3.8, 4) is 22.3 Å². The Hall–Kier alpha value is -4.11. The van der Waals surface area contributed by atoms with E-state index in [4.69, 9.17) is 5.73 Å². The number of likely N-dealkylation sites (tertiary alicyclic amines) is 1. The van der Waals surface area contributed by atoms with Crippen LogP contribution in [-0.4, -0.2) is 43.7 Å². The van der Waals surface area contributed by atoms with Gasteiger partial charge in [-0.3, -0.25) is 9.59 Å². The number of halogens is 1. The molecule has 1 saturated heterocycles. The van der Waals surface area contributed by atoms with Crippen molar-refractivity contribution in [2.24, 2.45) is 5.41 Å². The first-order chi connectivity index (χ1) is 19.3. The first kappa shape index (κ1) is 24.9. The molecule has 2 fully saturated rings. The van der Waals surface area contributed by atoms with Crippen LogP contribution in [-0.2, 0) is 9.59 Å².